The summed E-state index contributed by atoms with van der Waals surface area (Å²) in [4.78, 5) is 0.290. The van der Waals surface area contributed by atoms with E-state index in [2.05, 4.69) is 15.9 Å². The van der Waals surface area contributed by atoms with E-state index in [9.17, 15) is 8.42 Å². The van der Waals surface area contributed by atoms with Crippen LogP contribution in [0.2, 0.25) is 0 Å². The molecule has 1 heterocycles. The van der Waals surface area contributed by atoms with Gasteiger partial charge in [-0.1, -0.05) is 12.1 Å². The number of hydrogen-bond donors (Lipinski definition) is 1. The SMILES string of the molecule is O=S(=O)(c1ccccc1Br)N1CCC(CO)C1. The largest absolute Gasteiger partial charge is 0.396 e. The fourth-order valence-corrected chi connectivity index (χ4v) is 4.45. The number of aliphatic hydroxyl groups is 1. The van der Waals surface area contributed by atoms with Gasteiger partial charge in [-0.05, 0) is 40.4 Å². The van der Waals surface area contributed by atoms with Crippen molar-refractivity contribution >= 4 is 26.0 Å². The highest BCUT2D eigenvalue weighted by Gasteiger charge is 2.32. The quantitative estimate of drug-likeness (QED) is 0.917. The van der Waals surface area contributed by atoms with Gasteiger partial charge in [-0.15, -0.1) is 0 Å². The highest BCUT2D eigenvalue weighted by molar-refractivity contribution is 9.10. The second-order valence-electron chi connectivity index (χ2n) is 4.13. The molecule has 1 fully saturated rings. The smallest absolute Gasteiger partial charge is 0.244 e. The average Bonchev–Trinajstić information content (AvgIpc) is 2.78. The van der Waals surface area contributed by atoms with Gasteiger partial charge in [0.15, 0.2) is 0 Å². The van der Waals surface area contributed by atoms with E-state index < -0.39 is 10.0 Å². The second kappa shape index (κ2) is 5.06. The van der Waals surface area contributed by atoms with E-state index in [4.69, 9.17) is 5.11 Å². The summed E-state index contributed by atoms with van der Waals surface area (Å²) in [5, 5.41) is 9.04. The molecule has 0 radical (unpaired) electrons. The molecule has 0 saturated carbocycles. The molecule has 1 saturated heterocycles. The summed E-state index contributed by atoms with van der Waals surface area (Å²) in [7, 11) is -3.44. The molecule has 1 unspecified atom stereocenters. The van der Waals surface area contributed by atoms with Gasteiger partial charge in [-0.2, -0.15) is 4.31 Å². The number of aliphatic hydroxyl groups excluding tert-OH is 1. The first kappa shape index (κ1) is 13.0. The van der Waals surface area contributed by atoms with Gasteiger partial charge in [0, 0.05) is 24.2 Å². The molecule has 0 amide bonds. The van der Waals surface area contributed by atoms with Crippen LogP contribution in [0.1, 0.15) is 6.42 Å². The molecule has 1 aromatic carbocycles. The third kappa shape index (κ3) is 2.54. The highest BCUT2D eigenvalue weighted by Crippen LogP contribution is 2.28. The van der Waals surface area contributed by atoms with E-state index >= 15 is 0 Å². The van der Waals surface area contributed by atoms with Crippen LogP contribution in [0, 0.1) is 5.92 Å². The Balaban J connectivity index is 2.29. The predicted octanol–water partition coefficient (Wildman–Crippen LogP) is 1.45. The van der Waals surface area contributed by atoms with E-state index in [0.717, 1.165) is 6.42 Å². The lowest BCUT2D eigenvalue weighted by Crippen LogP contribution is -2.29. The Morgan fingerprint density at radius 2 is 2.12 bits per heavy atom. The maximum atomic E-state index is 12.3. The first-order valence-electron chi connectivity index (χ1n) is 5.41. The summed E-state index contributed by atoms with van der Waals surface area (Å²) in [6, 6.07) is 6.79. The number of benzene rings is 1. The van der Waals surface area contributed by atoms with Crippen LogP contribution >= 0.6 is 15.9 Å². The lowest BCUT2D eigenvalue weighted by atomic mass is 10.1. The van der Waals surface area contributed by atoms with E-state index in [0.29, 0.717) is 22.5 Å². The monoisotopic (exact) mass is 319 g/mol. The van der Waals surface area contributed by atoms with E-state index in [1.165, 1.54) is 4.31 Å². The van der Waals surface area contributed by atoms with Crippen LogP contribution in [0.4, 0.5) is 0 Å². The Hall–Kier alpha value is -0.430. The Kier molecular flexibility index (Phi) is 3.87. The maximum Gasteiger partial charge on any atom is 0.244 e. The third-order valence-corrected chi connectivity index (χ3v) is 5.84. The van der Waals surface area contributed by atoms with Crippen LogP contribution in [-0.4, -0.2) is 37.5 Å². The summed E-state index contributed by atoms with van der Waals surface area (Å²) in [5.74, 6) is 0.0623. The van der Waals surface area contributed by atoms with Crippen molar-refractivity contribution in [1.82, 2.24) is 4.31 Å². The first-order valence-corrected chi connectivity index (χ1v) is 7.64. The molecule has 6 heteroatoms. The van der Waals surface area contributed by atoms with Crippen LogP contribution in [-0.2, 0) is 10.0 Å². The topological polar surface area (TPSA) is 57.6 Å². The number of halogens is 1. The van der Waals surface area contributed by atoms with Crippen molar-refractivity contribution in [1.29, 1.82) is 0 Å². The van der Waals surface area contributed by atoms with Gasteiger partial charge in [0.25, 0.3) is 0 Å². The van der Waals surface area contributed by atoms with Crippen LogP contribution in [0.5, 0.6) is 0 Å². The van der Waals surface area contributed by atoms with Crippen molar-refractivity contribution < 1.29 is 13.5 Å². The molecule has 1 N–H and O–H groups in total. The molecule has 2 rings (SSSR count). The standard InChI is InChI=1S/C11H14BrNO3S/c12-10-3-1-2-4-11(10)17(15,16)13-6-5-9(7-13)8-14/h1-4,9,14H,5-8H2. The minimum atomic E-state index is -3.44. The zero-order chi connectivity index (χ0) is 12.5. The zero-order valence-corrected chi connectivity index (χ0v) is 11.6. The summed E-state index contributed by atoms with van der Waals surface area (Å²) >= 11 is 3.26. The van der Waals surface area contributed by atoms with E-state index in [1.807, 2.05) is 0 Å². The molecule has 94 valence electrons. The molecule has 17 heavy (non-hydrogen) atoms. The molecule has 1 atom stereocenters. The molecule has 0 aliphatic carbocycles. The Morgan fingerprint density at radius 3 is 2.71 bits per heavy atom. The van der Waals surface area contributed by atoms with Gasteiger partial charge in [-0.25, -0.2) is 8.42 Å². The first-order chi connectivity index (χ1) is 8.05. The van der Waals surface area contributed by atoms with Gasteiger partial charge >= 0.3 is 0 Å². The minimum absolute atomic E-state index is 0.0436. The molecule has 1 aliphatic rings. The van der Waals surface area contributed by atoms with Crippen molar-refractivity contribution in [2.45, 2.75) is 11.3 Å². The van der Waals surface area contributed by atoms with E-state index in [-0.39, 0.29) is 12.5 Å². The Morgan fingerprint density at radius 1 is 1.41 bits per heavy atom. The van der Waals surface area contributed by atoms with E-state index in [1.54, 1.807) is 24.3 Å². The fourth-order valence-electron chi connectivity index (χ4n) is 1.96. The normalized spacial score (nSPS) is 21.9. The van der Waals surface area contributed by atoms with Crippen molar-refractivity contribution in [3.05, 3.63) is 28.7 Å². The summed E-state index contributed by atoms with van der Waals surface area (Å²) in [6.07, 6.45) is 0.722. The molecule has 0 bridgehead atoms. The molecular weight excluding hydrogens is 306 g/mol. The summed E-state index contributed by atoms with van der Waals surface area (Å²) < 4.78 is 26.7. The number of nitrogens with zero attached hydrogens (tertiary/aromatic N) is 1. The molecule has 1 aromatic rings. The van der Waals surface area contributed by atoms with Gasteiger partial charge < -0.3 is 5.11 Å². The van der Waals surface area contributed by atoms with Crippen LogP contribution in [0.3, 0.4) is 0 Å². The Labute approximate surface area is 109 Å². The van der Waals surface area contributed by atoms with Crippen molar-refractivity contribution in [2.75, 3.05) is 19.7 Å². The van der Waals surface area contributed by atoms with Crippen LogP contribution in [0.15, 0.2) is 33.6 Å². The highest BCUT2D eigenvalue weighted by atomic mass is 79.9. The van der Waals surface area contributed by atoms with Crippen molar-refractivity contribution in [3.63, 3.8) is 0 Å². The number of hydrogen-bond acceptors (Lipinski definition) is 3. The van der Waals surface area contributed by atoms with Gasteiger partial charge in [0.05, 0.1) is 4.90 Å². The molecule has 0 aromatic heterocycles. The average molecular weight is 320 g/mol. The zero-order valence-electron chi connectivity index (χ0n) is 9.21. The third-order valence-electron chi connectivity index (χ3n) is 2.96. The Bertz CT molecular complexity index is 503. The van der Waals surface area contributed by atoms with Crippen molar-refractivity contribution in [3.8, 4) is 0 Å². The lowest BCUT2D eigenvalue weighted by Gasteiger charge is -2.17. The second-order valence-corrected chi connectivity index (χ2v) is 6.89. The summed E-state index contributed by atoms with van der Waals surface area (Å²) in [5.41, 5.74) is 0. The van der Waals surface area contributed by atoms with Gasteiger partial charge in [0.1, 0.15) is 0 Å². The molecular formula is C11H14BrNO3S. The predicted molar refractivity (Wildman–Crippen MR) is 68.1 cm³/mol. The lowest BCUT2D eigenvalue weighted by molar-refractivity contribution is 0.233. The minimum Gasteiger partial charge on any atom is -0.396 e. The van der Waals surface area contributed by atoms with Crippen molar-refractivity contribution in [2.24, 2.45) is 5.92 Å². The maximum absolute atomic E-state index is 12.3. The molecule has 1 aliphatic heterocycles. The van der Waals surface area contributed by atoms with Gasteiger partial charge in [-0.3, -0.25) is 0 Å². The molecule has 0 spiro atoms. The van der Waals surface area contributed by atoms with Crippen LogP contribution in [0.25, 0.3) is 0 Å². The van der Waals surface area contributed by atoms with Gasteiger partial charge in [0.2, 0.25) is 10.0 Å². The summed E-state index contributed by atoms with van der Waals surface area (Å²) in [6.45, 7) is 0.928. The van der Waals surface area contributed by atoms with Crippen LogP contribution < -0.4 is 0 Å². The number of rotatable bonds is 3. The number of sulfonamides is 1. The fraction of sp³-hybridized carbons (Fsp3) is 0.455. The molecule has 4 nitrogen and oxygen atoms in total.